The first-order valence-corrected chi connectivity index (χ1v) is 8.61. The molecule has 2 rings (SSSR count). The molecule has 0 bridgehead atoms. The molecular weight excluding hydrogens is 290 g/mol. The normalized spacial score (nSPS) is 24.6. The third-order valence-electron chi connectivity index (χ3n) is 4.97. The summed E-state index contributed by atoms with van der Waals surface area (Å²) in [5, 5.41) is 12.4. The smallest absolute Gasteiger partial charge is 0.234 e. The lowest BCUT2D eigenvalue weighted by atomic mass is 9.78. The highest BCUT2D eigenvalue weighted by Gasteiger charge is 2.28. The van der Waals surface area contributed by atoms with Crippen LogP contribution in [0.1, 0.15) is 38.7 Å². The Bertz CT molecular complexity index is 480. The van der Waals surface area contributed by atoms with Crippen molar-refractivity contribution in [1.82, 2.24) is 15.2 Å². The van der Waals surface area contributed by atoms with E-state index in [2.05, 4.69) is 24.1 Å². The maximum Gasteiger partial charge on any atom is 0.234 e. The van der Waals surface area contributed by atoms with Crippen LogP contribution in [0.4, 0.5) is 0 Å². The molecule has 128 valence electrons. The van der Waals surface area contributed by atoms with Crippen LogP contribution in [-0.2, 0) is 11.3 Å². The second-order valence-corrected chi connectivity index (χ2v) is 6.74. The summed E-state index contributed by atoms with van der Waals surface area (Å²) in [5.74, 6) is 1.24. The number of carbonyl (C=O) groups is 1. The minimum Gasteiger partial charge on any atom is -0.395 e. The molecule has 5 heteroatoms. The number of amides is 1. The average Bonchev–Trinajstić information content (AvgIpc) is 2.53. The molecule has 23 heavy (non-hydrogen) atoms. The standard InChI is InChI=1S/C18H29N3O2/c1-14-5-3-7-17(15(14)2)20-18(23)13-21(9-10-22)12-16-6-4-8-19-11-16/h4,6,8,11,14-15,17,22H,3,5,7,9-10,12-13H2,1-2H3,(H,20,23). The van der Waals surface area contributed by atoms with Gasteiger partial charge in [-0.15, -0.1) is 0 Å². The second-order valence-electron chi connectivity index (χ2n) is 6.74. The Morgan fingerprint density at radius 1 is 1.43 bits per heavy atom. The quantitative estimate of drug-likeness (QED) is 0.804. The van der Waals surface area contributed by atoms with Crippen molar-refractivity contribution in [2.24, 2.45) is 11.8 Å². The number of rotatable bonds is 7. The summed E-state index contributed by atoms with van der Waals surface area (Å²) in [6.45, 7) is 5.97. The van der Waals surface area contributed by atoms with E-state index < -0.39 is 0 Å². The molecule has 1 aliphatic carbocycles. The molecule has 3 atom stereocenters. The van der Waals surface area contributed by atoms with Gasteiger partial charge in [0.1, 0.15) is 0 Å². The molecule has 5 nitrogen and oxygen atoms in total. The highest BCUT2D eigenvalue weighted by molar-refractivity contribution is 5.78. The van der Waals surface area contributed by atoms with Crippen LogP contribution in [0.2, 0.25) is 0 Å². The zero-order chi connectivity index (χ0) is 16.7. The van der Waals surface area contributed by atoms with Gasteiger partial charge in [-0.2, -0.15) is 0 Å². The molecule has 0 saturated heterocycles. The molecule has 0 radical (unpaired) electrons. The van der Waals surface area contributed by atoms with Crippen LogP contribution in [0.3, 0.4) is 0 Å². The summed E-state index contributed by atoms with van der Waals surface area (Å²) < 4.78 is 0. The molecule has 0 spiro atoms. The summed E-state index contributed by atoms with van der Waals surface area (Å²) in [7, 11) is 0. The van der Waals surface area contributed by atoms with E-state index in [1.54, 1.807) is 12.4 Å². The van der Waals surface area contributed by atoms with Gasteiger partial charge in [-0.25, -0.2) is 0 Å². The summed E-state index contributed by atoms with van der Waals surface area (Å²) in [5.41, 5.74) is 1.05. The Hall–Kier alpha value is -1.46. The van der Waals surface area contributed by atoms with Gasteiger partial charge in [-0.1, -0.05) is 32.8 Å². The van der Waals surface area contributed by atoms with Crippen molar-refractivity contribution in [1.29, 1.82) is 0 Å². The fourth-order valence-corrected chi connectivity index (χ4v) is 3.35. The van der Waals surface area contributed by atoms with Crippen LogP contribution in [0.15, 0.2) is 24.5 Å². The van der Waals surface area contributed by atoms with Gasteiger partial charge >= 0.3 is 0 Å². The van der Waals surface area contributed by atoms with Gasteiger partial charge in [0.15, 0.2) is 0 Å². The summed E-state index contributed by atoms with van der Waals surface area (Å²) >= 11 is 0. The highest BCUT2D eigenvalue weighted by atomic mass is 16.3. The van der Waals surface area contributed by atoms with Gasteiger partial charge in [-0.05, 0) is 29.9 Å². The first-order chi connectivity index (χ1) is 11.1. The minimum absolute atomic E-state index is 0.0460. The summed E-state index contributed by atoms with van der Waals surface area (Å²) in [6.07, 6.45) is 7.04. The molecule has 1 fully saturated rings. The number of hydrogen-bond acceptors (Lipinski definition) is 4. The van der Waals surface area contributed by atoms with Crippen LogP contribution in [0, 0.1) is 11.8 Å². The number of nitrogens with one attached hydrogen (secondary N) is 1. The van der Waals surface area contributed by atoms with E-state index >= 15 is 0 Å². The van der Waals surface area contributed by atoms with E-state index in [9.17, 15) is 9.90 Å². The first kappa shape index (κ1) is 17.9. The van der Waals surface area contributed by atoms with Crippen molar-refractivity contribution in [3.63, 3.8) is 0 Å². The van der Waals surface area contributed by atoms with Gasteiger partial charge in [-0.3, -0.25) is 14.7 Å². The topological polar surface area (TPSA) is 65.5 Å². The third kappa shape index (κ3) is 5.59. The van der Waals surface area contributed by atoms with E-state index in [0.717, 1.165) is 12.0 Å². The average molecular weight is 319 g/mol. The molecule has 1 aromatic rings. The van der Waals surface area contributed by atoms with Crippen molar-refractivity contribution in [2.45, 2.75) is 45.7 Å². The molecule has 1 saturated carbocycles. The number of pyridine rings is 1. The van der Waals surface area contributed by atoms with Crippen LogP contribution in [-0.4, -0.2) is 46.6 Å². The lowest BCUT2D eigenvalue weighted by Gasteiger charge is -2.35. The number of aromatic nitrogens is 1. The lowest BCUT2D eigenvalue weighted by molar-refractivity contribution is -0.123. The first-order valence-electron chi connectivity index (χ1n) is 8.61. The van der Waals surface area contributed by atoms with Gasteiger partial charge in [0, 0.05) is 31.5 Å². The van der Waals surface area contributed by atoms with Gasteiger partial charge in [0.2, 0.25) is 5.91 Å². The molecule has 2 N–H and O–H groups in total. The van der Waals surface area contributed by atoms with Crippen molar-refractivity contribution in [2.75, 3.05) is 19.7 Å². The molecule has 1 aromatic heterocycles. The van der Waals surface area contributed by atoms with Crippen molar-refractivity contribution < 1.29 is 9.90 Å². The number of nitrogens with zero attached hydrogens (tertiary/aromatic N) is 2. The van der Waals surface area contributed by atoms with Gasteiger partial charge in [0.05, 0.1) is 13.2 Å². The lowest BCUT2D eigenvalue weighted by Crippen LogP contribution is -2.47. The molecule has 1 heterocycles. The van der Waals surface area contributed by atoms with E-state index in [-0.39, 0.29) is 18.6 Å². The Labute approximate surface area is 139 Å². The fraction of sp³-hybridized carbons (Fsp3) is 0.667. The predicted octanol–water partition coefficient (Wildman–Crippen LogP) is 1.82. The molecule has 1 amide bonds. The fourth-order valence-electron chi connectivity index (χ4n) is 3.35. The zero-order valence-corrected chi connectivity index (χ0v) is 14.2. The molecule has 0 aliphatic heterocycles. The van der Waals surface area contributed by atoms with E-state index in [0.29, 0.717) is 31.5 Å². The Kier molecular flexibility index (Phi) is 6.99. The number of aliphatic hydroxyl groups excluding tert-OH is 1. The summed E-state index contributed by atoms with van der Waals surface area (Å²) in [6, 6.07) is 4.15. The van der Waals surface area contributed by atoms with Crippen LogP contribution >= 0.6 is 0 Å². The van der Waals surface area contributed by atoms with E-state index in [1.165, 1.54) is 12.8 Å². The molecule has 3 unspecified atom stereocenters. The molecule has 1 aliphatic rings. The minimum atomic E-state index is 0.0460. The summed E-state index contributed by atoms with van der Waals surface area (Å²) in [4.78, 5) is 18.4. The van der Waals surface area contributed by atoms with Crippen molar-refractivity contribution in [3.05, 3.63) is 30.1 Å². The monoisotopic (exact) mass is 319 g/mol. The van der Waals surface area contributed by atoms with Gasteiger partial charge in [0.25, 0.3) is 0 Å². The maximum absolute atomic E-state index is 12.4. The van der Waals surface area contributed by atoms with Crippen molar-refractivity contribution >= 4 is 5.91 Å². The van der Waals surface area contributed by atoms with Crippen molar-refractivity contribution in [3.8, 4) is 0 Å². The SMILES string of the molecule is CC1CCCC(NC(=O)CN(CCO)Cc2cccnc2)C1C. The Balaban J connectivity index is 1.87. The second kappa shape index (κ2) is 8.99. The molecular formula is C18H29N3O2. The highest BCUT2D eigenvalue weighted by Crippen LogP contribution is 2.29. The van der Waals surface area contributed by atoms with Crippen LogP contribution < -0.4 is 5.32 Å². The Morgan fingerprint density at radius 3 is 2.96 bits per heavy atom. The maximum atomic E-state index is 12.4. The number of aliphatic hydroxyl groups is 1. The molecule has 0 aromatic carbocycles. The zero-order valence-electron chi connectivity index (χ0n) is 14.2. The van der Waals surface area contributed by atoms with E-state index in [1.807, 2.05) is 17.0 Å². The third-order valence-corrected chi connectivity index (χ3v) is 4.97. The number of carbonyl (C=O) groups excluding carboxylic acids is 1. The van der Waals surface area contributed by atoms with Crippen LogP contribution in [0.5, 0.6) is 0 Å². The van der Waals surface area contributed by atoms with E-state index in [4.69, 9.17) is 0 Å². The Morgan fingerprint density at radius 2 is 2.26 bits per heavy atom. The van der Waals surface area contributed by atoms with Crippen LogP contribution in [0.25, 0.3) is 0 Å². The van der Waals surface area contributed by atoms with Gasteiger partial charge < -0.3 is 10.4 Å². The predicted molar refractivity (Wildman–Crippen MR) is 90.7 cm³/mol. The largest absolute Gasteiger partial charge is 0.395 e. The number of hydrogen-bond donors (Lipinski definition) is 2.